The molecule has 0 aliphatic rings. The lowest BCUT2D eigenvalue weighted by Gasteiger charge is -2.12. The van der Waals surface area contributed by atoms with Crippen LogP contribution in [-0.2, 0) is 10.0 Å². The summed E-state index contributed by atoms with van der Waals surface area (Å²) in [6.45, 7) is 1.93. The molecule has 2 N–H and O–H groups in total. The molecule has 0 saturated heterocycles. The summed E-state index contributed by atoms with van der Waals surface area (Å²) in [7, 11) is -1.93. The van der Waals surface area contributed by atoms with E-state index in [9.17, 15) is 21.6 Å². The van der Waals surface area contributed by atoms with E-state index < -0.39 is 34.8 Å². The second-order valence-electron chi connectivity index (χ2n) is 3.58. The molecule has 0 saturated carbocycles. The van der Waals surface area contributed by atoms with Crippen molar-refractivity contribution in [2.24, 2.45) is 0 Å². The van der Waals surface area contributed by atoms with E-state index in [1.165, 1.54) is 0 Å². The van der Waals surface area contributed by atoms with Gasteiger partial charge in [0.2, 0.25) is 10.0 Å². The Kier molecular flexibility index (Phi) is 6.27. The Morgan fingerprint density at radius 2 is 1.88 bits per heavy atom. The molecule has 16 heavy (non-hydrogen) atoms. The standard InChI is InChI=1S/C8H17F3N2O2S/c1-7(12-2)6-13-16(14,15)5-3-4-8(9,10)11/h7,12-13H,3-6H2,1-2H3. The van der Waals surface area contributed by atoms with E-state index in [-0.39, 0.29) is 12.6 Å². The van der Waals surface area contributed by atoms with Crippen molar-refractivity contribution in [3.63, 3.8) is 0 Å². The number of alkyl halides is 3. The summed E-state index contributed by atoms with van der Waals surface area (Å²) in [5, 5.41) is 2.81. The Hall–Kier alpha value is -0.340. The highest BCUT2D eigenvalue weighted by atomic mass is 32.2. The average Bonchev–Trinajstić information content (AvgIpc) is 2.12. The third-order valence-electron chi connectivity index (χ3n) is 1.98. The van der Waals surface area contributed by atoms with Gasteiger partial charge in [0.15, 0.2) is 0 Å². The number of rotatable bonds is 7. The van der Waals surface area contributed by atoms with Crippen LogP contribution in [0.5, 0.6) is 0 Å². The zero-order valence-corrected chi connectivity index (χ0v) is 10.1. The van der Waals surface area contributed by atoms with Crippen molar-refractivity contribution >= 4 is 10.0 Å². The van der Waals surface area contributed by atoms with E-state index in [0.29, 0.717) is 0 Å². The highest BCUT2D eigenvalue weighted by Crippen LogP contribution is 2.21. The van der Waals surface area contributed by atoms with Gasteiger partial charge >= 0.3 is 6.18 Å². The summed E-state index contributed by atoms with van der Waals surface area (Å²) in [4.78, 5) is 0. The first-order chi connectivity index (χ1) is 7.16. The predicted molar refractivity (Wildman–Crippen MR) is 55.6 cm³/mol. The molecule has 0 amide bonds. The maximum Gasteiger partial charge on any atom is 0.389 e. The number of hydrogen-bond acceptors (Lipinski definition) is 3. The van der Waals surface area contributed by atoms with Gasteiger partial charge in [0, 0.05) is 19.0 Å². The SMILES string of the molecule is CNC(C)CNS(=O)(=O)CCCC(F)(F)F. The topological polar surface area (TPSA) is 58.2 Å². The van der Waals surface area contributed by atoms with Crippen LogP contribution in [0.4, 0.5) is 13.2 Å². The van der Waals surface area contributed by atoms with E-state index >= 15 is 0 Å². The number of nitrogens with one attached hydrogen (secondary N) is 2. The monoisotopic (exact) mass is 262 g/mol. The lowest BCUT2D eigenvalue weighted by Crippen LogP contribution is -2.38. The first kappa shape index (κ1) is 15.7. The second-order valence-corrected chi connectivity index (χ2v) is 5.50. The normalized spacial score (nSPS) is 15.1. The van der Waals surface area contributed by atoms with E-state index in [1.54, 1.807) is 14.0 Å². The van der Waals surface area contributed by atoms with Crippen molar-refractivity contribution in [3.05, 3.63) is 0 Å². The molecule has 0 aliphatic carbocycles. The molecule has 1 atom stereocenters. The Bertz CT molecular complexity index is 290. The van der Waals surface area contributed by atoms with E-state index in [4.69, 9.17) is 0 Å². The number of likely N-dealkylation sites (N-methyl/N-ethyl adjacent to an activating group) is 1. The summed E-state index contributed by atoms with van der Waals surface area (Å²) in [5.41, 5.74) is 0. The molecule has 0 aromatic carbocycles. The quantitative estimate of drug-likeness (QED) is 0.715. The molecule has 4 nitrogen and oxygen atoms in total. The largest absolute Gasteiger partial charge is 0.389 e. The van der Waals surface area contributed by atoms with Gasteiger partial charge in [-0.05, 0) is 20.4 Å². The van der Waals surface area contributed by atoms with Gasteiger partial charge in [0.05, 0.1) is 5.75 Å². The van der Waals surface area contributed by atoms with Gasteiger partial charge in [-0.15, -0.1) is 0 Å². The van der Waals surface area contributed by atoms with Crippen molar-refractivity contribution < 1.29 is 21.6 Å². The van der Waals surface area contributed by atoms with Gasteiger partial charge in [-0.3, -0.25) is 0 Å². The molecule has 0 aromatic heterocycles. The van der Waals surface area contributed by atoms with Crippen LogP contribution in [0.3, 0.4) is 0 Å². The summed E-state index contributed by atoms with van der Waals surface area (Å²) < 4.78 is 60.0. The number of halogens is 3. The summed E-state index contributed by atoms with van der Waals surface area (Å²) in [6.07, 6.45) is -5.78. The van der Waals surface area contributed by atoms with Gasteiger partial charge in [0.25, 0.3) is 0 Å². The van der Waals surface area contributed by atoms with Crippen LogP contribution in [0.2, 0.25) is 0 Å². The van der Waals surface area contributed by atoms with Crippen LogP contribution < -0.4 is 10.0 Å². The molecular weight excluding hydrogens is 245 g/mol. The lowest BCUT2D eigenvalue weighted by atomic mass is 10.3. The minimum absolute atomic E-state index is 0.0580. The van der Waals surface area contributed by atoms with Crippen molar-refractivity contribution in [2.45, 2.75) is 32.0 Å². The second kappa shape index (κ2) is 6.41. The molecule has 0 radical (unpaired) electrons. The first-order valence-electron chi connectivity index (χ1n) is 4.87. The van der Waals surface area contributed by atoms with Crippen LogP contribution in [0.15, 0.2) is 0 Å². The molecule has 0 spiro atoms. The van der Waals surface area contributed by atoms with Gasteiger partial charge < -0.3 is 5.32 Å². The van der Waals surface area contributed by atoms with Gasteiger partial charge in [-0.25, -0.2) is 13.1 Å². The van der Waals surface area contributed by atoms with Gasteiger partial charge in [-0.2, -0.15) is 13.2 Å². The lowest BCUT2D eigenvalue weighted by molar-refractivity contribution is -0.134. The van der Waals surface area contributed by atoms with Gasteiger partial charge in [-0.1, -0.05) is 0 Å². The molecule has 8 heteroatoms. The molecule has 0 aliphatic heterocycles. The minimum atomic E-state index is -4.30. The maximum absolute atomic E-state index is 11.8. The van der Waals surface area contributed by atoms with Crippen molar-refractivity contribution in [2.75, 3.05) is 19.3 Å². The van der Waals surface area contributed by atoms with E-state index in [0.717, 1.165) is 0 Å². The molecule has 0 rings (SSSR count). The van der Waals surface area contributed by atoms with Crippen LogP contribution >= 0.6 is 0 Å². The molecule has 0 heterocycles. The maximum atomic E-state index is 11.8. The van der Waals surface area contributed by atoms with Crippen molar-refractivity contribution in [1.29, 1.82) is 0 Å². The zero-order valence-electron chi connectivity index (χ0n) is 9.26. The first-order valence-corrected chi connectivity index (χ1v) is 6.53. The molecule has 0 fully saturated rings. The third-order valence-corrected chi connectivity index (χ3v) is 3.41. The van der Waals surface area contributed by atoms with Gasteiger partial charge in [0.1, 0.15) is 0 Å². The Morgan fingerprint density at radius 3 is 2.31 bits per heavy atom. The fourth-order valence-corrected chi connectivity index (χ4v) is 2.06. The van der Waals surface area contributed by atoms with Crippen LogP contribution in [-0.4, -0.2) is 40.0 Å². The highest BCUT2D eigenvalue weighted by molar-refractivity contribution is 7.89. The molecule has 0 bridgehead atoms. The average molecular weight is 262 g/mol. The molecular formula is C8H17F3N2O2S. The predicted octanol–water partition coefficient (Wildman–Crippen LogP) is 0.856. The zero-order chi connectivity index (χ0) is 12.8. The fraction of sp³-hybridized carbons (Fsp3) is 1.00. The van der Waals surface area contributed by atoms with Crippen molar-refractivity contribution in [3.8, 4) is 0 Å². The van der Waals surface area contributed by atoms with Crippen LogP contribution in [0.25, 0.3) is 0 Å². The Balaban J connectivity index is 3.89. The summed E-state index contributed by atoms with van der Waals surface area (Å²) >= 11 is 0. The molecule has 98 valence electrons. The van der Waals surface area contributed by atoms with Crippen LogP contribution in [0.1, 0.15) is 19.8 Å². The summed E-state index contributed by atoms with van der Waals surface area (Å²) in [5.74, 6) is -0.497. The van der Waals surface area contributed by atoms with E-state index in [1.807, 2.05) is 0 Å². The smallest absolute Gasteiger partial charge is 0.316 e. The summed E-state index contributed by atoms with van der Waals surface area (Å²) in [6, 6.07) is -0.0580. The fourth-order valence-electron chi connectivity index (χ4n) is 0.889. The van der Waals surface area contributed by atoms with E-state index in [2.05, 4.69) is 10.0 Å². The number of hydrogen-bond donors (Lipinski definition) is 2. The minimum Gasteiger partial charge on any atom is -0.316 e. The van der Waals surface area contributed by atoms with Crippen molar-refractivity contribution in [1.82, 2.24) is 10.0 Å². The molecule has 1 unspecified atom stereocenters. The molecule has 0 aromatic rings. The highest BCUT2D eigenvalue weighted by Gasteiger charge is 2.27. The Labute approximate surface area is 93.7 Å². The third kappa shape index (κ3) is 8.93. The van der Waals surface area contributed by atoms with Crippen LogP contribution in [0, 0.1) is 0 Å². The Morgan fingerprint density at radius 1 is 1.31 bits per heavy atom. The number of sulfonamides is 1.